The number of hydrogen-bond acceptors (Lipinski definition) is 3. The van der Waals surface area contributed by atoms with Crippen LogP contribution in [0.1, 0.15) is 36.6 Å². The van der Waals surface area contributed by atoms with Crippen LogP contribution in [0.2, 0.25) is 0 Å². The molecule has 1 unspecified atom stereocenters. The molecule has 0 aliphatic carbocycles. The van der Waals surface area contributed by atoms with Gasteiger partial charge in [-0.25, -0.2) is 0 Å². The number of nitrogens with two attached hydrogens (primary N) is 1. The number of thiophene rings is 1. The van der Waals surface area contributed by atoms with Crippen molar-refractivity contribution in [1.29, 1.82) is 0 Å². The van der Waals surface area contributed by atoms with Crippen molar-refractivity contribution in [2.24, 2.45) is 5.73 Å². The molecular weight excluding hydrogens is 285 g/mol. The van der Waals surface area contributed by atoms with Gasteiger partial charge in [-0.15, -0.1) is 11.3 Å². The van der Waals surface area contributed by atoms with Crippen molar-refractivity contribution >= 4 is 11.3 Å². The van der Waals surface area contributed by atoms with Crippen LogP contribution in [-0.4, -0.2) is 29.7 Å². The minimum Gasteiger partial charge on any atom is -0.329 e. The summed E-state index contributed by atoms with van der Waals surface area (Å²) in [6, 6.07) is 2.11. The number of nitrogens with zero attached hydrogens (tertiary/aromatic N) is 1. The third-order valence-electron chi connectivity index (χ3n) is 4.19. The molecule has 1 aliphatic heterocycles. The third-order valence-corrected chi connectivity index (χ3v) is 5.21. The van der Waals surface area contributed by atoms with Gasteiger partial charge in [-0.05, 0) is 43.2 Å². The molecule has 2 rings (SSSR count). The van der Waals surface area contributed by atoms with E-state index in [1.807, 2.05) is 6.92 Å². The van der Waals surface area contributed by atoms with Gasteiger partial charge in [-0.1, -0.05) is 0 Å². The van der Waals surface area contributed by atoms with E-state index in [0.717, 1.165) is 19.5 Å². The topological polar surface area (TPSA) is 29.3 Å². The Balaban J connectivity index is 1.97. The van der Waals surface area contributed by atoms with E-state index in [-0.39, 0.29) is 12.0 Å². The summed E-state index contributed by atoms with van der Waals surface area (Å²) in [5.74, 6) is 0. The summed E-state index contributed by atoms with van der Waals surface area (Å²) in [4.78, 5) is 3.65. The predicted octanol–water partition coefficient (Wildman–Crippen LogP) is 3.56. The van der Waals surface area contributed by atoms with Crippen molar-refractivity contribution in [2.45, 2.75) is 50.9 Å². The van der Waals surface area contributed by atoms with Gasteiger partial charge in [-0.3, -0.25) is 4.90 Å². The summed E-state index contributed by atoms with van der Waals surface area (Å²) >= 11 is 1.76. The average molecular weight is 306 g/mol. The van der Waals surface area contributed by atoms with Crippen molar-refractivity contribution in [3.63, 3.8) is 0 Å². The Morgan fingerprint density at radius 3 is 2.75 bits per heavy atom. The van der Waals surface area contributed by atoms with Crippen LogP contribution >= 0.6 is 11.3 Å². The van der Waals surface area contributed by atoms with Gasteiger partial charge in [0.2, 0.25) is 0 Å². The van der Waals surface area contributed by atoms with Crippen molar-refractivity contribution in [2.75, 3.05) is 13.1 Å². The SMILES string of the molecule is CC(CN)(CCCC(F)(F)F)N1CCc2sccc2C1. The van der Waals surface area contributed by atoms with Crippen LogP contribution < -0.4 is 5.73 Å². The van der Waals surface area contributed by atoms with E-state index in [4.69, 9.17) is 5.73 Å². The van der Waals surface area contributed by atoms with E-state index >= 15 is 0 Å². The van der Waals surface area contributed by atoms with Gasteiger partial charge in [0.15, 0.2) is 0 Å². The zero-order chi connectivity index (χ0) is 14.8. The van der Waals surface area contributed by atoms with Gasteiger partial charge in [0.1, 0.15) is 0 Å². The quantitative estimate of drug-likeness (QED) is 0.901. The molecule has 0 amide bonds. The monoisotopic (exact) mass is 306 g/mol. The number of rotatable bonds is 5. The second kappa shape index (κ2) is 6.03. The second-order valence-corrected chi connectivity index (χ2v) is 6.71. The highest BCUT2D eigenvalue weighted by molar-refractivity contribution is 7.10. The minimum absolute atomic E-state index is 0.143. The maximum atomic E-state index is 12.3. The number of alkyl halides is 3. The lowest BCUT2D eigenvalue weighted by atomic mass is 9.90. The molecule has 0 saturated carbocycles. The van der Waals surface area contributed by atoms with Gasteiger partial charge < -0.3 is 5.73 Å². The van der Waals surface area contributed by atoms with Gasteiger partial charge >= 0.3 is 6.18 Å². The second-order valence-electron chi connectivity index (χ2n) is 5.71. The average Bonchev–Trinajstić information content (AvgIpc) is 2.84. The summed E-state index contributed by atoms with van der Waals surface area (Å²) in [7, 11) is 0. The fraction of sp³-hybridized carbons (Fsp3) is 0.714. The first-order chi connectivity index (χ1) is 9.34. The molecule has 20 heavy (non-hydrogen) atoms. The molecule has 2 nitrogen and oxygen atoms in total. The standard InChI is InChI=1S/C14H21F3N2S/c1-13(10-18,5-2-6-14(15,16)17)19-7-3-12-11(9-19)4-8-20-12/h4,8H,2-3,5-7,9-10,18H2,1H3. The Morgan fingerprint density at radius 1 is 1.35 bits per heavy atom. The molecule has 0 bridgehead atoms. The molecule has 0 spiro atoms. The largest absolute Gasteiger partial charge is 0.389 e. The molecule has 6 heteroatoms. The fourth-order valence-corrected chi connectivity index (χ4v) is 3.66. The molecule has 2 N–H and O–H groups in total. The molecule has 0 radical (unpaired) electrons. The molecule has 114 valence electrons. The maximum Gasteiger partial charge on any atom is 0.389 e. The lowest BCUT2D eigenvalue weighted by Gasteiger charge is -2.43. The van der Waals surface area contributed by atoms with Crippen molar-refractivity contribution in [1.82, 2.24) is 4.90 Å². The first-order valence-corrected chi connectivity index (χ1v) is 7.79. The van der Waals surface area contributed by atoms with Crippen LogP contribution in [0.4, 0.5) is 13.2 Å². The first-order valence-electron chi connectivity index (χ1n) is 6.91. The van der Waals surface area contributed by atoms with E-state index in [9.17, 15) is 13.2 Å². The van der Waals surface area contributed by atoms with Gasteiger partial charge in [0.05, 0.1) is 0 Å². The number of halogens is 3. The molecule has 1 aromatic rings. The molecule has 1 atom stereocenters. The summed E-state index contributed by atoms with van der Waals surface area (Å²) in [6.07, 6.45) is -3.19. The Morgan fingerprint density at radius 2 is 2.10 bits per heavy atom. The van der Waals surface area contributed by atoms with E-state index in [2.05, 4.69) is 16.3 Å². The van der Waals surface area contributed by atoms with E-state index in [1.165, 1.54) is 10.4 Å². The number of fused-ring (bicyclic) bond motifs is 1. The van der Waals surface area contributed by atoms with E-state index < -0.39 is 12.6 Å². The maximum absolute atomic E-state index is 12.3. The van der Waals surface area contributed by atoms with Gasteiger partial charge in [0.25, 0.3) is 0 Å². The number of hydrogen-bond donors (Lipinski definition) is 1. The van der Waals surface area contributed by atoms with Crippen molar-refractivity contribution < 1.29 is 13.2 Å². The van der Waals surface area contributed by atoms with Gasteiger partial charge in [-0.2, -0.15) is 13.2 Å². The highest BCUT2D eigenvalue weighted by Crippen LogP contribution is 2.32. The van der Waals surface area contributed by atoms with Crippen LogP contribution in [0.25, 0.3) is 0 Å². The third kappa shape index (κ3) is 3.74. The Hall–Kier alpha value is -0.590. The molecule has 0 aromatic carbocycles. The summed E-state index contributed by atoms with van der Waals surface area (Å²) in [5.41, 5.74) is 6.82. The molecule has 0 fully saturated rings. The molecular formula is C14H21F3N2S. The van der Waals surface area contributed by atoms with Crippen LogP contribution in [0.5, 0.6) is 0 Å². The Kier molecular flexibility index (Phi) is 4.76. The van der Waals surface area contributed by atoms with Crippen LogP contribution in [-0.2, 0) is 13.0 Å². The zero-order valence-corrected chi connectivity index (χ0v) is 12.5. The molecule has 1 aromatic heterocycles. The summed E-state index contributed by atoms with van der Waals surface area (Å²) in [5, 5.41) is 2.08. The highest BCUT2D eigenvalue weighted by Gasteiger charge is 2.34. The first kappa shape index (κ1) is 15.8. The van der Waals surface area contributed by atoms with Crippen LogP contribution in [0.3, 0.4) is 0 Å². The van der Waals surface area contributed by atoms with E-state index in [0.29, 0.717) is 13.0 Å². The zero-order valence-electron chi connectivity index (χ0n) is 11.7. The highest BCUT2D eigenvalue weighted by atomic mass is 32.1. The Labute approximate surface area is 121 Å². The minimum atomic E-state index is -4.07. The Bertz CT molecular complexity index is 444. The molecule has 1 aliphatic rings. The molecule has 2 heterocycles. The lowest BCUT2D eigenvalue weighted by Crippen LogP contribution is -2.53. The van der Waals surface area contributed by atoms with Crippen molar-refractivity contribution in [3.05, 3.63) is 21.9 Å². The summed E-state index contributed by atoms with van der Waals surface area (Å²) in [6.45, 7) is 4.07. The summed E-state index contributed by atoms with van der Waals surface area (Å²) < 4.78 is 36.9. The smallest absolute Gasteiger partial charge is 0.329 e. The van der Waals surface area contributed by atoms with Crippen LogP contribution in [0.15, 0.2) is 11.4 Å². The normalized spacial score (nSPS) is 19.6. The van der Waals surface area contributed by atoms with Crippen LogP contribution in [0, 0.1) is 0 Å². The fourth-order valence-electron chi connectivity index (χ4n) is 2.77. The van der Waals surface area contributed by atoms with Gasteiger partial charge in [0, 0.05) is 36.5 Å². The predicted molar refractivity (Wildman–Crippen MR) is 75.8 cm³/mol. The van der Waals surface area contributed by atoms with Crippen molar-refractivity contribution in [3.8, 4) is 0 Å². The van der Waals surface area contributed by atoms with E-state index in [1.54, 1.807) is 11.3 Å². The molecule has 0 saturated heterocycles. The lowest BCUT2D eigenvalue weighted by molar-refractivity contribution is -0.137.